The Morgan fingerprint density at radius 3 is 1.69 bits per heavy atom. The lowest BCUT2D eigenvalue weighted by atomic mass is 9.99. The van der Waals surface area contributed by atoms with Gasteiger partial charge in [0.25, 0.3) is 5.97 Å². The summed E-state index contributed by atoms with van der Waals surface area (Å²) >= 11 is 0. The number of nitrogens with one attached hydrogen (secondary N) is 9. The highest BCUT2D eigenvalue weighted by Gasteiger charge is 2.40. The van der Waals surface area contributed by atoms with Gasteiger partial charge in [0, 0.05) is 62.9 Å². The molecule has 8 atom stereocenters. The van der Waals surface area contributed by atoms with Crippen molar-refractivity contribution in [1.82, 2.24) is 52.4 Å². The van der Waals surface area contributed by atoms with Crippen LogP contribution in [0.5, 0.6) is 11.5 Å². The van der Waals surface area contributed by atoms with E-state index in [-0.39, 0.29) is 95.0 Å². The van der Waals surface area contributed by atoms with Crippen LogP contribution in [0.1, 0.15) is 87.6 Å². The number of hydrogen-bond acceptors (Lipinski definition) is 16. The normalized spacial score (nSPS) is 14.5. The number of carbonyl (C=O) groups is 10. The molecule has 0 bridgehead atoms. The number of likely N-dealkylation sites (N-methyl/N-ethyl adjacent to an activating group) is 1. The summed E-state index contributed by atoms with van der Waals surface area (Å²) in [6.07, 6.45) is 1.40. The number of phenols is 1. The van der Waals surface area contributed by atoms with Gasteiger partial charge >= 0.3 is 6.09 Å². The summed E-state index contributed by atoms with van der Waals surface area (Å²) in [4.78, 5) is 147. The number of carboxylic acid groups (broad SMARTS) is 1. The third kappa shape index (κ3) is 26.3. The molecule has 1 saturated heterocycles. The van der Waals surface area contributed by atoms with Crippen LogP contribution in [0.25, 0.3) is 10.9 Å². The van der Waals surface area contributed by atoms with E-state index in [1.165, 1.54) is 36.3 Å². The van der Waals surface area contributed by atoms with E-state index < -0.39 is 108 Å². The fraction of sp³-hybridized carbons (Fsp3) is 0.403. The molecule has 542 valence electrons. The average molecular weight is 1400 g/mol. The molecule has 1 aliphatic rings. The monoisotopic (exact) mass is 1400 g/mol. The van der Waals surface area contributed by atoms with Crippen molar-refractivity contribution in [2.45, 2.75) is 141 Å². The van der Waals surface area contributed by atoms with E-state index in [2.05, 4.69) is 52.5 Å². The number of aromatic amines is 1. The first kappa shape index (κ1) is 78.9. The Kier molecular flexibility index (Phi) is 31.8. The van der Waals surface area contributed by atoms with Gasteiger partial charge < -0.3 is 93.4 Å². The number of guanidine groups is 1. The number of amides is 9. The Balaban J connectivity index is 0.00000390. The molecule has 1 aliphatic heterocycles. The molecule has 5 aromatic carbocycles. The summed E-state index contributed by atoms with van der Waals surface area (Å²) in [5.41, 5.74) is 14.9. The van der Waals surface area contributed by atoms with Crippen LogP contribution in [0.3, 0.4) is 0 Å². The van der Waals surface area contributed by atoms with E-state index in [0.29, 0.717) is 58.3 Å². The average Bonchev–Trinajstić information content (AvgIpc) is 1.69. The number of nitrogens with zero attached hydrogens (tertiary/aromatic N) is 2. The number of aliphatic hydroxyl groups is 1. The minimum absolute atomic E-state index is 0.0523. The lowest BCUT2D eigenvalue weighted by Gasteiger charge is -2.30. The van der Waals surface area contributed by atoms with Gasteiger partial charge in [0.2, 0.25) is 47.3 Å². The van der Waals surface area contributed by atoms with Crippen molar-refractivity contribution in [2.24, 2.45) is 22.4 Å². The Bertz CT molecular complexity index is 3720. The van der Waals surface area contributed by atoms with Gasteiger partial charge in [-0.2, -0.15) is 0 Å². The first-order valence-electron chi connectivity index (χ1n) is 33.3. The highest BCUT2D eigenvalue weighted by molar-refractivity contribution is 5.99. The number of fused-ring (bicyclic) bond motifs is 1. The topological polar surface area (TPSA) is 439 Å². The number of aliphatic imine (C=N–C) groups is 1. The number of aliphatic carboxylic acids is 1. The van der Waals surface area contributed by atoms with Gasteiger partial charge in [-0.1, -0.05) is 117 Å². The number of aromatic hydroxyl groups is 1. The van der Waals surface area contributed by atoms with Crippen molar-refractivity contribution < 1.29 is 77.5 Å². The summed E-state index contributed by atoms with van der Waals surface area (Å²) in [6, 6.07) is 26.5. The zero-order valence-electron chi connectivity index (χ0n) is 57.3. The Morgan fingerprint density at radius 1 is 0.624 bits per heavy atom. The predicted molar refractivity (Wildman–Crippen MR) is 375 cm³/mol. The van der Waals surface area contributed by atoms with E-state index in [0.717, 1.165) is 12.5 Å². The van der Waals surface area contributed by atoms with Crippen LogP contribution in [0.2, 0.25) is 0 Å². The van der Waals surface area contributed by atoms with E-state index in [1.54, 1.807) is 79.9 Å². The minimum Gasteiger partial charge on any atom is -0.508 e. The molecular weight excluding hydrogens is 1300 g/mol. The maximum absolute atomic E-state index is 15.0. The van der Waals surface area contributed by atoms with E-state index in [1.807, 2.05) is 56.3 Å². The number of phenolic OH excluding ortho intramolecular Hbond substituents is 1. The summed E-state index contributed by atoms with van der Waals surface area (Å²) < 4.78 is 16.8. The molecule has 6 aromatic rings. The number of ether oxygens (including phenoxy) is 3. The van der Waals surface area contributed by atoms with Gasteiger partial charge in [-0.05, 0) is 103 Å². The fourth-order valence-electron chi connectivity index (χ4n) is 11.1. The third-order valence-corrected chi connectivity index (χ3v) is 16.1. The number of nitrogens with two attached hydrogens (primary N) is 2. The SMILES string of the molecule is CC(=O)O.CCNC(=O)[C@@H]1CCCN1C(=O)[C@H](CCCN=C(N)N)NC(=O)[C@H](CC(C)C)NC(=O)[C@@H](Cc1ccc(OC)cc1)NC(=O)[C@H](Cc1ccc(O)cc1)NC(=O)[C@H](CO)NC(=O)[C@H](Cc1c[nH]c2ccccc12)NC(=O)[C@H](COCc1ccccc1)NC(=O)OCc1ccccc1. The largest absolute Gasteiger partial charge is 0.508 e. The number of H-pyrrole nitrogens is 1. The molecule has 101 heavy (non-hydrogen) atoms. The number of likely N-dealkylation sites (tertiary alicyclic amines) is 1. The smallest absolute Gasteiger partial charge is 0.408 e. The Morgan fingerprint density at radius 2 is 1.13 bits per heavy atom. The fourth-order valence-corrected chi connectivity index (χ4v) is 11.1. The number of alkyl carbamates (subject to hydrolysis) is 1. The highest BCUT2D eigenvalue weighted by Crippen LogP contribution is 2.23. The van der Waals surface area contributed by atoms with Crippen LogP contribution < -0.4 is 58.7 Å². The highest BCUT2D eigenvalue weighted by atomic mass is 16.5. The number of carbonyl (C=O) groups excluding carboxylic acids is 9. The second kappa shape index (κ2) is 40.7. The molecule has 16 N–H and O–H groups in total. The molecular formula is C72H93N13O16. The van der Waals surface area contributed by atoms with Gasteiger partial charge in [-0.15, -0.1) is 0 Å². The molecule has 9 amide bonds. The molecule has 7 rings (SSSR count). The molecule has 0 radical (unpaired) electrons. The molecule has 2 heterocycles. The molecule has 0 spiro atoms. The number of benzene rings is 5. The number of aromatic nitrogens is 1. The second-order valence-electron chi connectivity index (χ2n) is 24.5. The zero-order chi connectivity index (χ0) is 73.4. The number of para-hydroxylation sites is 1. The van der Waals surface area contributed by atoms with Crippen LogP contribution in [0, 0.1) is 5.92 Å². The molecule has 29 heteroatoms. The minimum atomic E-state index is -1.79. The first-order valence-corrected chi connectivity index (χ1v) is 33.3. The van der Waals surface area contributed by atoms with Gasteiger partial charge in [-0.3, -0.25) is 48.1 Å². The maximum atomic E-state index is 15.0. The van der Waals surface area contributed by atoms with Gasteiger partial charge in [-0.25, -0.2) is 4.79 Å². The van der Waals surface area contributed by atoms with Crippen molar-refractivity contribution >= 4 is 76.2 Å². The third-order valence-electron chi connectivity index (χ3n) is 16.1. The van der Waals surface area contributed by atoms with Crippen molar-refractivity contribution in [3.63, 3.8) is 0 Å². The summed E-state index contributed by atoms with van der Waals surface area (Å²) in [7, 11) is 1.48. The summed E-state index contributed by atoms with van der Waals surface area (Å²) in [5, 5.41) is 51.0. The van der Waals surface area contributed by atoms with Crippen LogP contribution in [-0.4, -0.2) is 179 Å². The molecule has 1 aromatic heterocycles. The lowest BCUT2D eigenvalue weighted by molar-refractivity contribution is -0.142. The van der Waals surface area contributed by atoms with Crippen molar-refractivity contribution in [3.05, 3.63) is 167 Å². The predicted octanol–water partition coefficient (Wildman–Crippen LogP) is 2.64. The number of methoxy groups -OCH3 is 1. The molecule has 1 fully saturated rings. The van der Waals surface area contributed by atoms with Crippen molar-refractivity contribution in [2.75, 3.05) is 40.0 Å². The van der Waals surface area contributed by atoms with Crippen molar-refractivity contribution in [3.8, 4) is 11.5 Å². The standard InChI is InChI=1S/C70H89N13O14.C2H4O2/c1-5-73-67(92)60-23-15-33-83(60)68(93)53(22-14-32-74-69(71)72)76-61(86)54(34-43(2)3)77-62(87)55(36-45-26-30-50(95-4)31-27-45)78-63(88)56(35-44-24-28-49(85)29-25-44)79-65(90)58(39-84)81-64(89)57(37-48-38-75-52-21-13-12-20-51(48)52)80-66(91)59(42-96-40-46-16-8-6-9-17-46)82-70(94)97-41-47-18-10-7-11-19-47;1-2(3)4/h6-13,16-21,24-31,38,43,53-60,75,84-85H,5,14-15,22-23,32-37,39-42H2,1-4H3,(H,73,92)(H,76,86)(H,77,87)(H,78,88)(H,79,90)(H,80,91)(H,81,89)(H,82,94)(H4,71,72,74);1H3,(H,3,4)/t53-,54-,55+,56-,57-,58-,59-,60-;/m0./s1. The van der Waals surface area contributed by atoms with Gasteiger partial charge in [0.15, 0.2) is 5.96 Å². The summed E-state index contributed by atoms with van der Waals surface area (Å²) in [5.74, 6) is -7.05. The number of aliphatic hydroxyl groups excluding tert-OH is 1. The first-order chi connectivity index (χ1) is 48.4. The molecule has 29 nitrogen and oxygen atoms in total. The maximum Gasteiger partial charge on any atom is 0.408 e. The molecule has 0 aliphatic carbocycles. The van der Waals surface area contributed by atoms with Crippen molar-refractivity contribution in [1.29, 1.82) is 0 Å². The van der Waals surface area contributed by atoms with Crippen LogP contribution >= 0.6 is 0 Å². The van der Waals surface area contributed by atoms with E-state index >= 15 is 4.79 Å². The number of carboxylic acids is 1. The lowest BCUT2D eigenvalue weighted by Crippen LogP contribution is -2.61. The van der Waals surface area contributed by atoms with Crippen LogP contribution in [0.4, 0.5) is 4.79 Å². The molecule has 0 unspecified atom stereocenters. The van der Waals surface area contributed by atoms with Crippen LogP contribution in [-0.2, 0) is 85.1 Å². The van der Waals surface area contributed by atoms with Crippen LogP contribution in [0.15, 0.2) is 145 Å². The Labute approximate surface area is 585 Å². The quantitative estimate of drug-likeness (QED) is 0.0153. The van der Waals surface area contributed by atoms with E-state index in [9.17, 15) is 48.6 Å². The van der Waals surface area contributed by atoms with Gasteiger partial charge in [0.1, 0.15) is 66.4 Å². The Hall–Kier alpha value is -11.1. The van der Waals surface area contributed by atoms with Gasteiger partial charge in [0.05, 0.1) is 26.9 Å². The second-order valence-corrected chi connectivity index (χ2v) is 24.5. The van der Waals surface area contributed by atoms with E-state index in [4.69, 9.17) is 35.6 Å². The zero-order valence-corrected chi connectivity index (χ0v) is 57.3. The number of rotatable bonds is 36. The summed E-state index contributed by atoms with van der Waals surface area (Å²) in [6.45, 7) is 5.76. The molecule has 0 saturated carbocycles. The number of hydrogen-bond donors (Lipinski definition) is 14.